The van der Waals surface area contributed by atoms with E-state index >= 15 is 0 Å². The van der Waals surface area contributed by atoms with E-state index in [1.54, 1.807) is 0 Å². The van der Waals surface area contributed by atoms with Gasteiger partial charge < -0.3 is 10.1 Å². The molecule has 1 aliphatic rings. The zero-order valence-corrected chi connectivity index (χ0v) is 13.2. The standard InChI is InChI=1S/C18H29NO/c1-4-18(10-5-6-11-18)14-19-13-16-8-7-9-17(12-16)20-15(2)3/h7-9,12,15,19H,4-6,10-11,13-14H2,1-3H3. The van der Waals surface area contributed by atoms with Crippen molar-refractivity contribution in [2.45, 2.75) is 65.5 Å². The molecule has 0 heterocycles. The van der Waals surface area contributed by atoms with E-state index in [1.807, 2.05) is 6.07 Å². The lowest BCUT2D eigenvalue weighted by molar-refractivity contribution is 0.242. The predicted molar refractivity (Wildman–Crippen MR) is 85.1 cm³/mol. The molecule has 0 saturated heterocycles. The van der Waals surface area contributed by atoms with E-state index in [-0.39, 0.29) is 6.10 Å². The predicted octanol–water partition coefficient (Wildman–Crippen LogP) is 4.53. The Balaban J connectivity index is 1.84. The van der Waals surface area contributed by atoms with E-state index in [2.05, 4.69) is 44.3 Å². The number of ether oxygens (including phenoxy) is 1. The fourth-order valence-corrected chi connectivity index (χ4v) is 3.25. The van der Waals surface area contributed by atoms with E-state index in [9.17, 15) is 0 Å². The lowest BCUT2D eigenvalue weighted by Gasteiger charge is -2.27. The van der Waals surface area contributed by atoms with Gasteiger partial charge in [-0.2, -0.15) is 0 Å². The van der Waals surface area contributed by atoms with E-state index in [4.69, 9.17) is 4.74 Å². The van der Waals surface area contributed by atoms with E-state index in [0.29, 0.717) is 5.41 Å². The third-order valence-corrected chi connectivity index (χ3v) is 4.51. The minimum absolute atomic E-state index is 0.236. The highest BCUT2D eigenvalue weighted by Gasteiger charge is 2.31. The van der Waals surface area contributed by atoms with Crippen LogP contribution in [0.1, 0.15) is 58.4 Å². The van der Waals surface area contributed by atoms with Gasteiger partial charge in [-0.1, -0.05) is 31.9 Å². The number of hydrogen-bond acceptors (Lipinski definition) is 2. The molecular weight excluding hydrogens is 246 g/mol. The molecule has 2 nitrogen and oxygen atoms in total. The molecule has 0 spiro atoms. The van der Waals surface area contributed by atoms with Crippen molar-refractivity contribution in [1.29, 1.82) is 0 Å². The molecule has 0 radical (unpaired) electrons. The summed E-state index contributed by atoms with van der Waals surface area (Å²) in [6, 6.07) is 8.45. The van der Waals surface area contributed by atoms with Crippen molar-refractivity contribution in [3.05, 3.63) is 29.8 Å². The zero-order chi connectivity index (χ0) is 14.4. The monoisotopic (exact) mass is 275 g/mol. The first-order chi connectivity index (χ1) is 9.63. The first-order valence-corrected chi connectivity index (χ1v) is 8.10. The van der Waals surface area contributed by atoms with Crippen molar-refractivity contribution in [2.24, 2.45) is 5.41 Å². The topological polar surface area (TPSA) is 21.3 Å². The van der Waals surface area contributed by atoms with Gasteiger partial charge in [0.2, 0.25) is 0 Å². The summed E-state index contributed by atoms with van der Waals surface area (Å²) in [6.45, 7) is 8.56. The molecule has 1 aromatic carbocycles. The van der Waals surface area contributed by atoms with Crippen molar-refractivity contribution < 1.29 is 4.74 Å². The summed E-state index contributed by atoms with van der Waals surface area (Å²) in [5.74, 6) is 0.977. The average molecular weight is 275 g/mol. The van der Waals surface area contributed by atoms with Crippen molar-refractivity contribution >= 4 is 0 Å². The smallest absolute Gasteiger partial charge is 0.120 e. The second-order valence-corrected chi connectivity index (χ2v) is 6.48. The zero-order valence-electron chi connectivity index (χ0n) is 13.2. The van der Waals surface area contributed by atoms with Crippen molar-refractivity contribution in [1.82, 2.24) is 5.32 Å². The molecule has 0 aromatic heterocycles. The second kappa shape index (κ2) is 7.12. The van der Waals surface area contributed by atoms with Gasteiger partial charge in [-0.3, -0.25) is 0 Å². The summed E-state index contributed by atoms with van der Waals surface area (Å²) in [5.41, 5.74) is 1.87. The van der Waals surface area contributed by atoms with Crippen LogP contribution >= 0.6 is 0 Å². The quantitative estimate of drug-likeness (QED) is 0.789. The number of benzene rings is 1. The van der Waals surface area contributed by atoms with Crippen LogP contribution in [0.15, 0.2) is 24.3 Å². The molecule has 1 aromatic rings. The van der Waals surface area contributed by atoms with Gasteiger partial charge in [0.1, 0.15) is 5.75 Å². The molecule has 2 rings (SSSR count). The van der Waals surface area contributed by atoms with Crippen molar-refractivity contribution in [2.75, 3.05) is 6.54 Å². The van der Waals surface area contributed by atoms with Crippen LogP contribution < -0.4 is 10.1 Å². The van der Waals surface area contributed by atoms with E-state index < -0.39 is 0 Å². The Morgan fingerprint density at radius 3 is 2.65 bits per heavy atom. The minimum atomic E-state index is 0.236. The van der Waals surface area contributed by atoms with Crippen LogP contribution in [-0.2, 0) is 6.54 Å². The maximum atomic E-state index is 5.75. The summed E-state index contributed by atoms with van der Waals surface area (Å²) in [6.07, 6.45) is 7.15. The highest BCUT2D eigenvalue weighted by atomic mass is 16.5. The lowest BCUT2D eigenvalue weighted by Crippen LogP contribution is -2.31. The van der Waals surface area contributed by atoms with Gasteiger partial charge in [0.25, 0.3) is 0 Å². The van der Waals surface area contributed by atoms with Crippen LogP contribution in [0.25, 0.3) is 0 Å². The molecule has 1 aliphatic carbocycles. The maximum absolute atomic E-state index is 5.75. The van der Waals surface area contributed by atoms with Crippen LogP contribution in [-0.4, -0.2) is 12.6 Å². The van der Waals surface area contributed by atoms with Gasteiger partial charge in [0, 0.05) is 13.1 Å². The summed E-state index contributed by atoms with van der Waals surface area (Å²) < 4.78 is 5.75. The second-order valence-electron chi connectivity index (χ2n) is 6.48. The van der Waals surface area contributed by atoms with Crippen LogP contribution in [0.3, 0.4) is 0 Å². The molecule has 20 heavy (non-hydrogen) atoms. The number of rotatable bonds is 7. The fraction of sp³-hybridized carbons (Fsp3) is 0.667. The van der Waals surface area contributed by atoms with Crippen LogP contribution in [0.4, 0.5) is 0 Å². The highest BCUT2D eigenvalue weighted by Crippen LogP contribution is 2.40. The van der Waals surface area contributed by atoms with Gasteiger partial charge in [0.15, 0.2) is 0 Å². The van der Waals surface area contributed by atoms with Crippen LogP contribution in [0.2, 0.25) is 0 Å². The SMILES string of the molecule is CCC1(CNCc2cccc(OC(C)C)c2)CCCC1. The molecule has 1 fully saturated rings. The van der Waals surface area contributed by atoms with Crippen LogP contribution in [0, 0.1) is 5.41 Å². The van der Waals surface area contributed by atoms with E-state index in [1.165, 1.54) is 37.7 Å². The third-order valence-electron chi connectivity index (χ3n) is 4.51. The van der Waals surface area contributed by atoms with Gasteiger partial charge in [-0.05, 0) is 56.2 Å². The Bertz CT molecular complexity index is 408. The summed E-state index contributed by atoms with van der Waals surface area (Å²) in [5, 5.41) is 3.66. The molecule has 0 amide bonds. The van der Waals surface area contributed by atoms with Crippen molar-refractivity contribution in [3.63, 3.8) is 0 Å². The van der Waals surface area contributed by atoms with Gasteiger partial charge in [-0.15, -0.1) is 0 Å². The first kappa shape index (κ1) is 15.4. The Morgan fingerprint density at radius 2 is 2.00 bits per heavy atom. The molecule has 112 valence electrons. The Morgan fingerprint density at radius 1 is 1.25 bits per heavy atom. The average Bonchev–Trinajstić information content (AvgIpc) is 2.88. The van der Waals surface area contributed by atoms with Gasteiger partial charge in [0.05, 0.1) is 6.10 Å². The Labute approximate surface area is 123 Å². The Hall–Kier alpha value is -1.02. The van der Waals surface area contributed by atoms with Crippen LogP contribution in [0.5, 0.6) is 5.75 Å². The molecule has 0 bridgehead atoms. The summed E-state index contributed by atoms with van der Waals surface area (Å²) in [4.78, 5) is 0. The summed E-state index contributed by atoms with van der Waals surface area (Å²) in [7, 11) is 0. The molecule has 0 unspecified atom stereocenters. The fourth-order valence-electron chi connectivity index (χ4n) is 3.25. The molecule has 2 heteroatoms. The molecule has 0 aliphatic heterocycles. The normalized spacial score (nSPS) is 17.6. The van der Waals surface area contributed by atoms with Crippen molar-refractivity contribution in [3.8, 4) is 5.75 Å². The minimum Gasteiger partial charge on any atom is -0.491 e. The van der Waals surface area contributed by atoms with Gasteiger partial charge in [-0.25, -0.2) is 0 Å². The van der Waals surface area contributed by atoms with E-state index in [0.717, 1.165) is 18.8 Å². The highest BCUT2D eigenvalue weighted by molar-refractivity contribution is 5.28. The molecule has 1 N–H and O–H groups in total. The Kier molecular flexibility index (Phi) is 5.47. The molecule has 1 saturated carbocycles. The molecule has 0 atom stereocenters. The summed E-state index contributed by atoms with van der Waals surface area (Å²) >= 11 is 0. The lowest BCUT2D eigenvalue weighted by atomic mass is 9.83. The van der Waals surface area contributed by atoms with Gasteiger partial charge >= 0.3 is 0 Å². The largest absolute Gasteiger partial charge is 0.491 e. The maximum Gasteiger partial charge on any atom is 0.120 e. The third kappa shape index (κ3) is 4.24. The first-order valence-electron chi connectivity index (χ1n) is 8.10. The molecular formula is C18H29NO. The number of nitrogens with one attached hydrogen (secondary N) is 1. The number of hydrogen-bond donors (Lipinski definition) is 1.